The minimum atomic E-state index is -4.47. The molecule has 11 heteroatoms. The molecule has 7 nitrogen and oxygen atoms in total. The molecule has 0 aliphatic carbocycles. The van der Waals surface area contributed by atoms with Crippen LogP contribution in [0.25, 0.3) is 0 Å². The molecular weight excluding hydrogens is 313 g/mol. The lowest BCUT2D eigenvalue weighted by Gasteiger charge is -2.09. The van der Waals surface area contributed by atoms with Gasteiger partial charge < -0.3 is 4.74 Å². The number of anilines is 1. The number of nitrogens with one attached hydrogen (secondary N) is 2. The second-order valence-corrected chi connectivity index (χ2v) is 5.47. The third kappa shape index (κ3) is 4.34. The molecule has 0 radical (unpaired) electrons. The second-order valence-electron chi connectivity index (χ2n) is 3.82. The van der Waals surface area contributed by atoms with Gasteiger partial charge in [-0.05, 0) is 12.1 Å². The van der Waals surface area contributed by atoms with Gasteiger partial charge in [0.1, 0.15) is 0 Å². The minimum Gasteiger partial charge on any atom is -0.468 e. The summed E-state index contributed by atoms with van der Waals surface area (Å²) in [6.45, 7) is -1.47. The van der Waals surface area contributed by atoms with Crippen LogP contribution in [0.5, 0.6) is 5.88 Å². The first kappa shape index (κ1) is 15.1. The smallest absolute Gasteiger partial charge is 0.422 e. The molecule has 0 fully saturated rings. The van der Waals surface area contributed by atoms with E-state index in [9.17, 15) is 21.6 Å². The average Bonchev–Trinajstić information content (AvgIpc) is 2.91. The van der Waals surface area contributed by atoms with E-state index in [1.54, 1.807) is 0 Å². The lowest BCUT2D eigenvalue weighted by molar-refractivity contribution is -0.154. The fourth-order valence-corrected chi connectivity index (χ4v) is 2.24. The van der Waals surface area contributed by atoms with Crippen LogP contribution in [0.2, 0.25) is 0 Å². The Morgan fingerprint density at radius 3 is 2.57 bits per heavy atom. The zero-order valence-electron chi connectivity index (χ0n) is 10.3. The Morgan fingerprint density at radius 1 is 1.29 bits per heavy atom. The summed E-state index contributed by atoms with van der Waals surface area (Å²) in [6.07, 6.45) is -2.16. The van der Waals surface area contributed by atoms with Crippen molar-refractivity contribution in [1.82, 2.24) is 15.2 Å². The highest BCUT2D eigenvalue weighted by atomic mass is 32.2. The van der Waals surface area contributed by atoms with Gasteiger partial charge in [-0.15, -0.1) is 0 Å². The molecule has 2 heterocycles. The average molecular weight is 322 g/mol. The van der Waals surface area contributed by atoms with Gasteiger partial charge in [-0.2, -0.15) is 26.7 Å². The Bertz CT molecular complexity index is 683. The third-order valence-corrected chi connectivity index (χ3v) is 3.45. The lowest BCUT2D eigenvalue weighted by atomic mass is 10.4. The Kier molecular flexibility index (Phi) is 4.02. The van der Waals surface area contributed by atoms with Gasteiger partial charge in [0, 0.05) is 6.07 Å². The normalized spacial score (nSPS) is 12.1. The van der Waals surface area contributed by atoms with E-state index in [0.29, 0.717) is 0 Å². The number of aromatic nitrogens is 3. The predicted octanol–water partition coefficient (Wildman–Crippen LogP) is 1.55. The van der Waals surface area contributed by atoms with Gasteiger partial charge in [0.15, 0.2) is 11.6 Å². The van der Waals surface area contributed by atoms with E-state index in [1.807, 2.05) is 0 Å². The molecule has 2 aromatic rings. The summed E-state index contributed by atoms with van der Waals surface area (Å²) in [4.78, 5) is 3.57. The highest BCUT2D eigenvalue weighted by molar-refractivity contribution is 7.92. The van der Waals surface area contributed by atoms with E-state index < -0.39 is 22.8 Å². The van der Waals surface area contributed by atoms with Crippen molar-refractivity contribution in [3.63, 3.8) is 0 Å². The van der Waals surface area contributed by atoms with E-state index >= 15 is 0 Å². The van der Waals surface area contributed by atoms with Crippen LogP contribution in [-0.2, 0) is 10.0 Å². The number of hydrogen-bond donors (Lipinski definition) is 2. The molecule has 0 saturated heterocycles. The number of pyridine rings is 1. The summed E-state index contributed by atoms with van der Waals surface area (Å²) >= 11 is 0. The van der Waals surface area contributed by atoms with Crippen LogP contribution in [0.15, 0.2) is 35.6 Å². The molecule has 21 heavy (non-hydrogen) atoms. The number of sulfonamides is 1. The number of alkyl halides is 3. The predicted molar refractivity (Wildman–Crippen MR) is 65.2 cm³/mol. The standard InChI is InChI=1S/C10H9F3N4O3S/c11-10(12,13)6-20-8-2-1-7(5-14-8)17-21(18,19)9-3-4-15-16-9/h1-5,17H,6H2,(H,15,16). The molecule has 2 rings (SSSR count). The molecule has 2 N–H and O–H groups in total. The highest BCUT2D eigenvalue weighted by Crippen LogP contribution is 2.19. The number of rotatable bonds is 5. The molecule has 0 unspecified atom stereocenters. The number of ether oxygens (including phenoxy) is 1. The molecule has 0 bridgehead atoms. The molecule has 0 spiro atoms. The SMILES string of the molecule is O=S(=O)(Nc1ccc(OCC(F)(F)F)nc1)c1ccn[nH]1. The Morgan fingerprint density at radius 2 is 2.05 bits per heavy atom. The van der Waals surface area contributed by atoms with Crippen LogP contribution in [0, 0.1) is 0 Å². The van der Waals surface area contributed by atoms with E-state index in [-0.39, 0.29) is 16.6 Å². The number of H-pyrrole nitrogens is 1. The topological polar surface area (TPSA) is 97.0 Å². The van der Waals surface area contributed by atoms with Crippen molar-refractivity contribution < 1.29 is 26.3 Å². The summed E-state index contributed by atoms with van der Waals surface area (Å²) in [5.41, 5.74) is 0.0731. The fourth-order valence-electron chi connectivity index (χ4n) is 1.28. The number of aromatic amines is 1. The van der Waals surface area contributed by atoms with Gasteiger partial charge in [0.25, 0.3) is 10.0 Å². The maximum Gasteiger partial charge on any atom is 0.422 e. The molecule has 2 aromatic heterocycles. The first-order valence-corrected chi connectivity index (χ1v) is 6.92. The van der Waals surface area contributed by atoms with Crippen molar-refractivity contribution in [2.75, 3.05) is 11.3 Å². The third-order valence-electron chi connectivity index (χ3n) is 2.14. The van der Waals surface area contributed by atoms with E-state index in [1.165, 1.54) is 18.3 Å². The quantitative estimate of drug-likeness (QED) is 0.870. The van der Waals surface area contributed by atoms with Gasteiger partial charge in [0.2, 0.25) is 5.88 Å². The van der Waals surface area contributed by atoms with Crippen LogP contribution in [0.4, 0.5) is 18.9 Å². The zero-order chi connectivity index (χ0) is 15.5. The van der Waals surface area contributed by atoms with Crippen LogP contribution >= 0.6 is 0 Å². The van der Waals surface area contributed by atoms with Crippen LogP contribution < -0.4 is 9.46 Å². The molecule has 0 aromatic carbocycles. The van der Waals surface area contributed by atoms with E-state index in [2.05, 4.69) is 24.6 Å². The van der Waals surface area contributed by atoms with Gasteiger partial charge in [-0.1, -0.05) is 0 Å². The molecule has 0 saturated carbocycles. The van der Waals surface area contributed by atoms with Gasteiger partial charge in [0.05, 0.1) is 18.1 Å². The Labute approximate surface area is 117 Å². The molecule has 114 valence electrons. The summed E-state index contributed by atoms with van der Waals surface area (Å²) < 4.78 is 66.0. The van der Waals surface area contributed by atoms with Crippen LogP contribution in [-0.4, -0.2) is 36.4 Å². The summed E-state index contributed by atoms with van der Waals surface area (Å²) in [5.74, 6) is -0.267. The number of nitrogens with zero attached hydrogens (tertiary/aromatic N) is 2. The Hall–Kier alpha value is -2.30. The molecule has 0 aliphatic heterocycles. The van der Waals surface area contributed by atoms with Gasteiger partial charge in [-0.3, -0.25) is 9.82 Å². The van der Waals surface area contributed by atoms with E-state index in [0.717, 1.165) is 12.3 Å². The molecule has 0 aliphatic rings. The molecule has 0 atom stereocenters. The van der Waals surface area contributed by atoms with Crippen molar-refractivity contribution in [1.29, 1.82) is 0 Å². The highest BCUT2D eigenvalue weighted by Gasteiger charge is 2.28. The van der Waals surface area contributed by atoms with Crippen molar-refractivity contribution >= 4 is 15.7 Å². The lowest BCUT2D eigenvalue weighted by Crippen LogP contribution is -2.19. The monoisotopic (exact) mass is 322 g/mol. The van der Waals surface area contributed by atoms with Crippen molar-refractivity contribution in [2.24, 2.45) is 0 Å². The van der Waals surface area contributed by atoms with Crippen LogP contribution in [0.3, 0.4) is 0 Å². The fraction of sp³-hybridized carbons (Fsp3) is 0.200. The van der Waals surface area contributed by atoms with E-state index in [4.69, 9.17) is 0 Å². The first-order valence-electron chi connectivity index (χ1n) is 5.44. The second kappa shape index (κ2) is 5.60. The number of halogens is 3. The molecule has 0 amide bonds. The van der Waals surface area contributed by atoms with Gasteiger partial charge >= 0.3 is 6.18 Å². The van der Waals surface area contributed by atoms with Crippen LogP contribution in [0.1, 0.15) is 0 Å². The maximum absolute atomic E-state index is 11.9. The maximum atomic E-state index is 11.9. The minimum absolute atomic E-state index is 0.0731. The van der Waals surface area contributed by atoms with Crippen molar-refractivity contribution in [3.05, 3.63) is 30.6 Å². The summed E-state index contributed by atoms with van der Waals surface area (Å²) in [6, 6.07) is 3.60. The summed E-state index contributed by atoms with van der Waals surface area (Å²) in [5, 5.41) is 5.63. The largest absolute Gasteiger partial charge is 0.468 e. The summed E-state index contributed by atoms with van der Waals surface area (Å²) in [7, 11) is -3.85. The first-order chi connectivity index (χ1) is 9.76. The van der Waals surface area contributed by atoms with Crippen molar-refractivity contribution in [2.45, 2.75) is 11.2 Å². The zero-order valence-corrected chi connectivity index (χ0v) is 11.1. The Balaban J connectivity index is 2.03. The number of hydrogen-bond acceptors (Lipinski definition) is 5. The molecular formula is C10H9F3N4O3S. The van der Waals surface area contributed by atoms with Gasteiger partial charge in [-0.25, -0.2) is 4.98 Å². The van der Waals surface area contributed by atoms with Crippen molar-refractivity contribution in [3.8, 4) is 5.88 Å².